The molecule has 1 heterocycles. The molecule has 3 atom stereocenters. The average Bonchev–Trinajstić information content (AvgIpc) is 2.97. The van der Waals surface area contributed by atoms with Gasteiger partial charge in [-0.2, -0.15) is 0 Å². The first-order valence-electron chi connectivity index (χ1n) is 10.0. The van der Waals surface area contributed by atoms with Gasteiger partial charge in [-0.15, -0.1) is 0 Å². The fraction of sp³-hybridized carbons (Fsp3) is 1.00. The lowest BCUT2D eigenvalue weighted by Gasteiger charge is -2.29. The lowest BCUT2D eigenvalue weighted by atomic mass is 9.84. The van der Waals surface area contributed by atoms with Crippen molar-refractivity contribution in [2.24, 2.45) is 11.8 Å². The summed E-state index contributed by atoms with van der Waals surface area (Å²) in [5.41, 5.74) is 0. The van der Waals surface area contributed by atoms with Gasteiger partial charge in [0.2, 0.25) is 0 Å². The Morgan fingerprint density at radius 1 is 0.810 bits per heavy atom. The summed E-state index contributed by atoms with van der Waals surface area (Å²) in [5.74, 6) is 2.01. The SMILES string of the molecule is CCCCC(CCC)C1CCN(C(CCC)CCCC)C1. The van der Waals surface area contributed by atoms with Gasteiger partial charge in [0.05, 0.1) is 0 Å². The molecular formula is C20H41N. The van der Waals surface area contributed by atoms with Crippen molar-refractivity contribution in [1.82, 2.24) is 4.90 Å². The van der Waals surface area contributed by atoms with Gasteiger partial charge in [0.25, 0.3) is 0 Å². The Balaban J connectivity index is 2.49. The third-order valence-electron chi connectivity index (χ3n) is 5.54. The Bertz CT molecular complexity index is 214. The molecule has 0 aromatic carbocycles. The molecule has 0 aromatic heterocycles. The Kier molecular flexibility index (Phi) is 10.4. The molecule has 0 aromatic rings. The van der Waals surface area contributed by atoms with Crippen molar-refractivity contribution in [2.75, 3.05) is 13.1 Å². The molecule has 1 aliphatic rings. The van der Waals surface area contributed by atoms with Gasteiger partial charge >= 0.3 is 0 Å². The van der Waals surface area contributed by atoms with Crippen LogP contribution in [0.2, 0.25) is 0 Å². The van der Waals surface area contributed by atoms with E-state index in [-0.39, 0.29) is 0 Å². The van der Waals surface area contributed by atoms with Crippen LogP contribution in [-0.4, -0.2) is 24.0 Å². The second-order valence-corrected chi connectivity index (χ2v) is 7.32. The molecule has 1 rings (SSSR count). The Morgan fingerprint density at radius 3 is 2.10 bits per heavy atom. The van der Waals surface area contributed by atoms with Crippen molar-refractivity contribution in [3.05, 3.63) is 0 Å². The first-order chi connectivity index (χ1) is 10.3. The molecule has 21 heavy (non-hydrogen) atoms. The Hall–Kier alpha value is -0.0400. The molecule has 1 aliphatic heterocycles. The Labute approximate surface area is 134 Å². The minimum Gasteiger partial charge on any atom is -0.300 e. The zero-order valence-electron chi connectivity index (χ0n) is 15.4. The van der Waals surface area contributed by atoms with Crippen LogP contribution in [0.5, 0.6) is 0 Å². The lowest BCUT2D eigenvalue weighted by Crippen LogP contribution is -2.34. The molecule has 1 nitrogen and oxygen atoms in total. The summed E-state index contributed by atoms with van der Waals surface area (Å²) in [4.78, 5) is 2.86. The van der Waals surface area contributed by atoms with E-state index in [2.05, 4.69) is 32.6 Å². The lowest BCUT2D eigenvalue weighted by molar-refractivity contribution is 0.191. The molecule has 3 unspecified atom stereocenters. The molecule has 126 valence electrons. The van der Waals surface area contributed by atoms with Gasteiger partial charge in [-0.05, 0) is 37.6 Å². The topological polar surface area (TPSA) is 3.24 Å². The van der Waals surface area contributed by atoms with Gasteiger partial charge in [-0.3, -0.25) is 0 Å². The minimum atomic E-state index is 0.883. The van der Waals surface area contributed by atoms with E-state index in [0.29, 0.717) is 0 Å². The largest absolute Gasteiger partial charge is 0.300 e. The third kappa shape index (κ3) is 6.72. The van der Waals surface area contributed by atoms with Crippen LogP contribution in [0.3, 0.4) is 0 Å². The van der Waals surface area contributed by atoms with E-state index in [1.54, 1.807) is 0 Å². The van der Waals surface area contributed by atoms with E-state index in [9.17, 15) is 0 Å². The predicted molar refractivity (Wildman–Crippen MR) is 95.8 cm³/mol. The highest BCUT2D eigenvalue weighted by atomic mass is 15.2. The first kappa shape index (κ1) is 19.0. The van der Waals surface area contributed by atoms with Crippen LogP contribution in [0.1, 0.15) is 98.3 Å². The fourth-order valence-electron chi connectivity index (χ4n) is 4.27. The number of likely N-dealkylation sites (tertiary alicyclic amines) is 1. The maximum Gasteiger partial charge on any atom is 0.00952 e. The van der Waals surface area contributed by atoms with Crippen molar-refractivity contribution < 1.29 is 0 Å². The summed E-state index contributed by atoms with van der Waals surface area (Å²) in [7, 11) is 0. The van der Waals surface area contributed by atoms with E-state index >= 15 is 0 Å². The molecule has 0 N–H and O–H groups in total. The van der Waals surface area contributed by atoms with Gasteiger partial charge in [-0.25, -0.2) is 0 Å². The van der Waals surface area contributed by atoms with Gasteiger partial charge in [-0.1, -0.05) is 79.1 Å². The summed E-state index contributed by atoms with van der Waals surface area (Å²) in [5, 5.41) is 0. The molecular weight excluding hydrogens is 254 g/mol. The fourth-order valence-corrected chi connectivity index (χ4v) is 4.27. The molecule has 1 heteroatoms. The van der Waals surface area contributed by atoms with Gasteiger partial charge in [0, 0.05) is 12.6 Å². The zero-order valence-corrected chi connectivity index (χ0v) is 15.4. The van der Waals surface area contributed by atoms with Crippen molar-refractivity contribution in [3.8, 4) is 0 Å². The highest BCUT2D eigenvalue weighted by molar-refractivity contribution is 4.85. The van der Waals surface area contributed by atoms with E-state index in [1.165, 1.54) is 83.7 Å². The van der Waals surface area contributed by atoms with Crippen LogP contribution in [0.4, 0.5) is 0 Å². The maximum atomic E-state index is 2.86. The molecule has 0 aliphatic carbocycles. The van der Waals surface area contributed by atoms with E-state index in [4.69, 9.17) is 0 Å². The smallest absolute Gasteiger partial charge is 0.00952 e. The first-order valence-corrected chi connectivity index (χ1v) is 10.0. The van der Waals surface area contributed by atoms with Crippen LogP contribution in [0.25, 0.3) is 0 Å². The summed E-state index contributed by atoms with van der Waals surface area (Å²) >= 11 is 0. The summed E-state index contributed by atoms with van der Waals surface area (Å²) in [6.07, 6.45) is 15.6. The normalized spacial score (nSPS) is 22.6. The van der Waals surface area contributed by atoms with Gasteiger partial charge < -0.3 is 4.90 Å². The second-order valence-electron chi connectivity index (χ2n) is 7.32. The number of hydrogen-bond acceptors (Lipinski definition) is 1. The summed E-state index contributed by atoms with van der Waals surface area (Å²) < 4.78 is 0. The quantitative estimate of drug-likeness (QED) is 0.410. The standard InChI is InChI=1S/C20H41N/c1-5-9-13-18(11-7-3)19-15-16-21(17-19)20(12-8-4)14-10-6-2/h18-20H,5-17H2,1-4H3. The second kappa shape index (κ2) is 11.5. The van der Waals surface area contributed by atoms with Crippen LogP contribution < -0.4 is 0 Å². The van der Waals surface area contributed by atoms with Gasteiger partial charge in [0.15, 0.2) is 0 Å². The summed E-state index contributed by atoms with van der Waals surface area (Å²) in [6.45, 7) is 12.2. The third-order valence-corrected chi connectivity index (χ3v) is 5.54. The van der Waals surface area contributed by atoms with Crippen LogP contribution >= 0.6 is 0 Å². The maximum absolute atomic E-state index is 2.86. The van der Waals surface area contributed by atoms with E-state index < -0.39 is 0 Å². The van der Waals surface area contributed by atoms with Crippen molar-refractivity contribution in [3.63, 3.8) is 0 Å². The van der Waals surface area contributed by atoms with Crippen molar-refractivity contribution >= 4 is 0 Å². The molecule has 0 bridgehead atoms. The molecule has 1 fully saturated rings. The molecule has 0 spiro atoms. The Morgan fingerprint density at radius 2 is 1.48 bits per heavy atom. The number of unbranched alkanes of at least 4 members (excludes halogenated alkanes) is 2. The summed E-state index contributed by atoms with van der Waals surface area (Å²) in [6, 6.07) is 0.883. The van der Waals surface area contributed by atoms with Crippen LogP contribution in [0.15, 0.2) is 0 Å². The molecule has 0 amide bonds. The highest BCUT2D eigenvalue weighted by Gasteiger charge is 2.31. The predicted octanol–water partition coefficient (Wildman–Crippen LogP) is 6.27. The number of rotatable bonds is 12. The minimum absolute atomic E-state index is 0.883. The van der Waals surface area contributed by atoms with E-state index in [0.717, 1.165) is 17.9 Å². The van der Waals surface area contributed by atoms with Crippen LogP contribution in [0, 0.1) is 11.8 Å². The average molecular weight is 296 g/mol. The highest BCUT2D eigenvalue weighted by Crippen LogP contribution is 2.33. The monoisotopic (exact) mass is 295 g/mol. The zero-order chi connectivity index (χ0) is 15.5. The van der Waals surface area contributed by atoms with Crippen LogP contribution in [-0.2, 0) is 0 Å². The van der Waals surface area contributed by atoms with Gasteiger partial charge in [0.1, 0.15) is 0 Å². The van der Waals surface area contributed by atoms with Crippen molar-refractivity contribution in [2.45, 2.75) is 104 Å². The molecule has 1 saturated heterocycles. The van der Waals surface area contributed by atoms with Crippen molar-refractivity contribution in [1.29, 1.82) is 0 Å². The number of hydrogen-bond donors (Lipinski definition) is 0. The molecule has 0 saturated carbocycles. The van der Waals surface area contributed by atoms with E-state index in [1.807, 2.05) is 0 Å². The molecule has 0 radical (unpaired) electrons. The number of nitrogens with zero attached hydrogens (tertiary/aromatic N) is 1.